The molecule has 3 heteroatoms. The molecule has 1 aromatic rings. The lowest BCUT2D eigenvalue weighted by atomic mass is 9.87. The summed E-state index contributed by atoms with van der Waals surface area (Å²) in [7, 11) is 1.85. The molecule has 3 nitrogen and oxygen atoms in total. The molecule has 94 valence electrons. The molecule has 0 radical (unpaired) electrons. The molecule has 0 aliphatic carbocycles. The Bertz CT molecular complexity index is 428. The number of pyridine rings is 1. The molecule has 1 aliphatic heterocycles. The standard InChI is InChI=1S/C14H22N2O/c1-11(2)12-7-9-16(10-8-12)13-5-4-6-14(17)15(13)3/h4-6,11-12H,7-10H2,1-3H3. The van der Waals surface area contributed by atoms with Crippen LogP contribution < -0.4 is 10.5 Å². The van der Waals surface area contributed by atoms with Crippen LogP contribution in [-0.2, 0) is 7.05 Å². The molecule has 0 amide bonds. The molecular weight excluding hydrogens is 212 g/mol. The van der Waals surface area contributed by atoms with E-state index in [1.165, 1.54) is 12.8 Å². The minimum Gasteiger partial charge on any atom is -0.358 e. The molecule has 2 heterocycles. The quantitative estimate of drug-likeness (QED) is 0.784. The van der Waals surface area contributed by atoms with Gasteiger partial charge in [0.1, 0.15) is 5.82 Å². The first-order valence-electron chi connectivity index (χ1n) is 6.50. The maximum atomic E-state index is 11.6. The zero-order valence-electron chi connectivity index (χ0n) is 11.0. The van der Waals surface area contributed by atoms with Gasteiger partial charge in [-0.05, 0) is 30.7 Å². The summed E-state index contributed by atoms with van der Waals surface area (Å²) in [5.74, 6) is 2.67. The van der Waals surface area contributed by atoms with Crippen molar-refractivity contribution in [3.8, 4) is 0 Å². The molecule has 1 fully saturated rings. The van der Waals surface area contributed by atoms with Crippen molar-refractivity contribution in [2.75, 3.05) is 18.0 Å². The fraction of sp³-hybridized carbons (Fsp3) is 0.643. The summed E-state index contributed by atoms with van der Waals surface area (Å²) in [6, 6.07) is 5.51. The maximum absolute atomic E-state index is 11.6. The van der Waals surface area contributed by atoms with E-state index < -0.39 is 0 Å². The summed E-state index contributed by atoms with van der Waals surface area (Å²) >= 11 is 0. The number of rotatable bonds is 2. The van der Waals surface area contributed by atoms with Gasteiger partial charge in [0.25, 0.3) is 5.56 Å². The van der Waals surface area contributed by atoms with Crippen LogP contribution in [-0.4, -0.2) is 17.7 Å². The lowest BCUT2D eigenvalue weighted by Crippen LogP contribution is -2.38. The zero-order valence-corrected chi connectivity index (χ0v) is 11.0. The Labute approximate surface area is 103 Å². The van der Waals surface area contributed by atoms with E-state index in [1.807, 2.05) is 19.2 Å². The van der Waals surface area contributed by atoms with E-state index in [0.717, 1.165) is 30.7 Å². The topological polar surface area (TPSA) is 25.2 Å². The average Bonchev–Trinajstić information content (AvgIpc) is 2.33. The molecule has 0 N–H and O–H groups in total. The van der Waals surface area contributed by atoms with Gasteiger partial charge in [-0.3, -0.25) is 9.36 Å². The van der Waals surface area contributed by atoms with E-state index in [2.05, 4.69) is 18.7 Å². The normalized spacial score (nSPS) is 17.8. The number of nitrogens with zero attached hydrogens (tertiary/aromatic N) is 2. The van der Waals surface area contributed by atoms with Crippen LogP contribution >= 0.6 is 0 Å². The number of hydrogen-bond donors (Lipinski definition) is 0. The summed E-state index contributed by atoms with van der Waals surface area (Å²) in [4.78, 5) is 13.9. The highest BCUT2D eigenvalue weighted by molar-refractivity contribution is 5.39. The lowest BCUT2D eigenvalue weighted by molar-refractivity contribution is 0.310. The molecular formula is C14H22N2O. The van der Waals surface area contributed by atoms with Gasteiger partial charge in [-0.25, -0.2) is 0 Å². The van der Waals surface area contributed by atoms with Gasteiger partial charge >= 0.3 is 0 Å². The summed E-state index contributed by atoms with van der Waals surface area (Å²) in [6.45, 7) is 6.75. The van der Waals surface area contributed by atoms with Crippen molar-refractivity contribution in [1.82, 2.24) is 4.57 Å². The summed E-state index contributed by atoms with van der Waals surface area (Å²) in [5, 5.41) is 0. The first-order chi connectivity index (χ1) is 8.09. The highest BCUT2D eigenvalue weighted by atomic mass is 16.1. The first-order valence-corrected chi connectivity index (χ1v) is 6.50. The second-order valence-corrected chi connectivity index (χ2v) is 5.35. The number of anilines is 1. The van der Waals surface area contributed by atoms with Crippen molar-refractivity contribution in [3.05, 3.63) is 28.6 Å². The summed E-state index contributed by atoms with van der Waals surface area (Å²) in [5.41, 5.74) is 0.0773. The zero-order chi connectivity index (χ0) is 12.4. The second kappa shape index (κ2) is 4.94. The maximum Gasteiger partial charge on any atom is 0.251 e. The minimum atomic E-state index is 0.0773. The molecule has 0 bridgehead atoms. The van der Waals surface area contributed by atoms with E-state index in [1.54, 1.807) is 10.6 Å². The van der Waals surface area contributed by atoms with Crippen LogP contribution in [0.4, 0.5) is 5.82 Å². The Kier molecular flexibility index (Phi) is 3.55. The number of aromatic nitrogens is 1. The van der Waals surface area contributed by atoms with E-state index in [9.17, 15) is 4.79 Å². The van der Waals surface area contributed by atoms with E-state index in [-0.39, 0.29) is 5.56 Å². The Balaban J connectivity index is 2.11. The van der Waals surface area contributed by atoms with Crippen LogP contribution in [0.15, 0.2) is 23.0 Å². The molecule has 1 aromatic heterocycles. The molecule has 0 saturated carbocycles. The molecule has 1 saturated heterocycles. The van der Waals surface area contributed by atoms with Crippen molar-refractivity contribution >= 4 is 5.82 Å². The van der Waals surface area contributed by atoms with Gasteiger partial charge in [0.15, 0.2) is 0 Å². The van der Waals surface area contributed by atoms with Gasteiger partial charge in [-0.2, -0.15) is 0 Å². The average molecular weight is 234 g/mol. The Hall–Kier alpha value is -1.25. The summed E-state index contributed by atoms with van der Waals surface area (Å²) in [6.07, 6.45) is 2.47. The van der Waals surface area contributed by atoms with Gasteiger partial charge < -0.3 is 4.90 Å². The highest BCUT2D eigenvalue weighted by Gasteiger charge is 2.22. The third kappa shape index (κ3) is 2.54. The molecule has 0 spiro atoms. The number of hydrogen-bond acceptors (Lipinski definition) is 2. The second-order valence-electron chi connectivity index (χ2n) is 5.35. The molecule has 17 heavy (non-hydrogen) atoms. The third-order valence-electron chi connectivity index (χ3n) is 3.96. The van der Waals surface area contributed by atoms with Crippen LogP contribution in [0.5, 0.6) is 0 Å². The highest BCUT2D eigenvalue weighted by Crippen LogP contribution is 2.26. The largest absolute Gasteiger partial charge is 0.358 e. The molecule has 1 aliphatic rings. The van der Waals surface area contributed by atoms with Gasteiger partial charge in [0, 0.05) is 26.2 Å². The monoisotopic (exact) mass is 234 g/mol. The molecule has 0 aromatic carbocycles. The van der Waals surface area contributed by atoms with E-state index >= 15 is 0 Å². The fourth-order valence-electron chi connectivity index (χ4n) is 2.67. The van der Waals surface area contributed by atoms with Crippen LogP contribution in [0.3, 0.4) is 0 Å². The van der Waals surface area contributed by atoms with Crippen LogP contribution in [0.1, 0.15) is 26.7 Å². The Morgan fingerprint density at radius 2 is 1.88 bits per heavy atom. The number of piperidine rings is 1. The predicted octanol–water partition coefficient (Wildman–Crippen LogP) is 2.26. The minimum absolute atomic E-state index is 0.0773. The van der Waals surface area contributed by atoms with Crippen molar-refractivity contribution in [2.24, 2.45) is 18.9 Å². The predicted molar refractivity (Wildman–Crippen MR) is 71.5 cm³/mol. The smallest absolute Gasteiger partial charge is 0.251 e. The van der Waals surface area contributed by atoms with Gasteiger partial charge in [-0.1, -0.05) is 19.9 Å². The molecule has 0 unspecified atom stereocenters. The fourth-order valence-corrected chi connectivity index (χ4v) is 2.67. The van der Waals surface area contributed by atoms with Crippen LogP contribution in [0.25, 0.3) is 0 Å². The Morgan fingerprint density at radius 3 is 2.47 bits per heavy atom. The third-order valence-corrected chi connectivity index (χ3v) is 3.96. The SMILES string of the molecule is CC(C)C1CCN(c2cccc(=O)n2C)CC1. The van der Waals surface area contributed by atoms with Crippen molar-refractivity contribution in [2.45, 2.75) is 26.7 Å². The van der Waals surface area contributed by atoms with Crippen LogP contribution in [0.2, 0.25) is 0 Å². The lowest BCUT2D eigenvalue weighted by Gasteiger charge is -2.35. The van der Waals surface area contributed by atoms with Crippen molar-refractivity contribution < 1.29 is 0 Å². The van der Waals surface area contributed by atoms with Gasteiger partial charge in [0.05, 0.1) is 0 Å². The first kappa shape index (κ1) is 12.2. The summed E-state index contributed by atoms with van der Waals surface area (Å²) < 4.78 is 1.75. The van der Waals surface area contributed by atoms with Gasteiger partial charge in [-0.15, -0.1) is 0 Å². The molecule has 0 atom stereocenters. The van der Waals surface area contributed by atoms with Crippen LogP contribution in [0, 0.1) is 11.8 Å². The van der Waals surface area contributed by atoms with Crippen molar-refractivity contribution in [3.63, 3.8) is 0 Å². The molecule has 2 rings (SSSR count). The van der Waals surface area contributed by atoms with E-state index in [4.69, 9.17) is 0 Å². The van der Waals surface area contributed by atoms with Crippen molar-refractivity contribution in [1.29, 1.82) is 0 Å². The van der Waals surface area contributed by atoms with Gasteiger partial charge in [0.2, 0.25) is 0 Å². The van der Waals surface area contributed by atoms with E-state index in [0.29, 0.717) is 0 Å². The Morgan fingerprint density at radius 1 is 1.24 bits per heavy atom.